The number of rotatable bonds is 1. The van der Waals surface area contributed by atoms with E-state index in [1.54, 1.807) is 24.3 Å². The van der Waals surface area contributed by atoms with E-state index in [4.69, 9.17) is 0 Å². The minimum atomic E-state index is -5.03. The standard InChI is InChI=1S/C13H11F3O3/c1-8-2-4-9(5-3-8)10-6-11(17)19-12(18,7-10)13(14,15)16/h2-6,18H,7H2,1H3. The van der Waals surface area contributed by atoms with Gasteiger partial charge < -0.3 is 9.84 Å². The van der Waals surface area contributed by atoms with Crippen molar-refractivity contribution < 1.29 is 27.8 Å². The van der Waals surface area contributed by atoms with Crippen LogP contribution >= 0.6 is 0 Å². The number of aryl methyl sites for hydroxylation is 1. The Morgan fingerprint density at radius 1 is 1.26 bits per heavy atom. The van der Waals surface area contributed by atoms with Crippen molar-refractivity contribution in [3.8, 4) is 0 Å². The van der Waals surface area contributed by atoms with Crippen LogP contribution in [0.2, 0.25) is 0 Å². The molecule has 102 valence electrons. The van der Waals surface area contributed by atoms with Crippen LogP contribution in [0.15, 0.2) is 30.3 Å². The first kappa shape index (κ1) is 13.6. The minimum Gasteiger partial charge on any atom is -0.420 e. The SMILES string of the molecule is Cc1ccc(C2=CC(=O)OC(O)(C(F)(F)F)C2)cc1. The summed E-state index contributed by atoms with van der Waals surface area (Å²) in [5, 5.41) is 9.46. The van der Waals surface area contributed by atoms with Crippen molar-refractivity contribution in [1.29, 1.82) is 0 Å². The van der Waals surface area contributed by atoms with Gasteiger partial charge in [-0.25, -0.2) is 4.79 Å². The van der Waals surface area contributed by atoms with Crippen molar-refractivity contribution >= 4 is 11.5 Å². The molecule has 1 atom stereocenters. The fourth-order valence-corrected chi connectivity index (χ4v) is 1.79. The lowest BCUT2D eigenvalue weighted by Crippen LogP contribution is -2.50. The Morgan fingerprint density at radius 2 is 1.84 bits per heavy atom. The van der Waals surface area contributed by atoms with Crippen LogP contribution in [0, 0.1) is 6.92 Å². The van der Waals surface area contributed by atoms with Crippen LogP contribution in [0.4, 0.5) is 13.2 Å². The summed E-state index contributed by atoms with van der Waals surface area (Å²) in [6.07, 6.45) is -4.89. The van der Waals surface area contributed by atoms with Crippen molar-refractivity contribution in [1.82, 2.24) is 0 Å². The van der Waals surface area contributed by atoms with Crippen molar-refractivity contribution in [3.05, 3.63) is 41.5 Å². The average Bonchev–Trinajstić information content (AvgIpc) is 2.27. The van der Waals surface area contributed by atoms with Gasteiger partial charge in [0.05, 0.1) is 0 Å². The summed E-state index contributed by atoms with van der Waals surface area (Å²) in [7, 11) is 0. The molecule has 1 heterocycles. The molecule has 1 aliphatic heterocycles. The maximum Gasteiger partial charge on any atom is 0.455 e. The number of esters is 1. The Hall–Kier alpha value is -1.82. The van der Waals surface area contributed by atoms with Crippen LogP contribution in [0.1, 0.15) is 17.5 Å². The molecule has 3 nitrogen and oxygen atoms in total. The van der Waals surface area contributed by atoms with Crippen LogP contribution in [-0.2, 0) is 9.53 Å². The highest BCUT2D eigenvalue weighted by Crippen LogP contribution is 2.41. The first-order valence-corrected chi connectivity index (χ1v) is 5.51. The van der Waals surface area contributed by atoms with Gasteiger partial charge in [-0.2, -0.15) is 13.2 Å². The summed E-state index contributed by atoms with van der Waals surface area (Å²) < 4.78 is 42.1. The van der Waals surface area contributed by atoms with Crippen LogP contribution in [0.25, 0.3) is 5.57 Å². The molecule has 0 saturated heterocycles. The molecule has 0 saturated carbocycles. The van der Waals surface area contributed by atoms with E-state index in [0.29, 0.717) is 5.56 Å². The monoisotopic (exact) mass is 272 g/mol. The number of hydrogen-bond acceptors (Lipinski definition) is 3. The van der Waals surface area contributed by atoms with Gasteiger partial charge in [-0.3, -0.25) is 0 Å². The number of hydrogen-bond donors (Lipinski definition) is 1. The van der Waals surface area contributed by atoms with E-state index in [1.807, 2.05) is 6.92 Å². The Kier molecular flexibility index (Phi) is 3.14. The van der Waals surface area contributed by atoms with E-state index in [0.717, 1.165) is 11.6 Å². The van der Waals surface area contributed by atoms with Crippen LogP contribution < -0.4 is 0 Å². The van der Waals surface area contributed by atoms with Gasteiger partial charge in [0.1, 0.15) is 0 Å². The molecule has 1 N–H and O–H groups in total. The number of carbonyl (C=O) groups is 1. The average molecular weight is 272 g/mol. The highest BCUT2D eigenvalue weighted by Gasteiger charge is 2.59. The van der Waals surface area contributed by atoms with E-state index >= 15 is 0 Å². The third-order valence-corrected chi connectivity index (χ3v) is 2.86. The zero-order chi connectivity index (χ0) is 14.3. The van der Waals surface area contributed by atoms with Gasteiger partial charge in [0.2, 0.25) is 0 Å². The number of ether oxygens (including phenoxy) is 1. The lowest BCUT2D eigenvalue weighted by molar-refractivity contribution is -0.349. The summed E-state index contributed by atoms with van der Waals surface area (Å²) in [6.45, 7) is 1.83. The predicted octanol–water partition coefficient (Wildman–Crippen LogP) is 2.58. The molecule has 1 aromatic rings. The summed E-state index contributed by atoms with van der Waals surface area (Å²) in [5.41, 5.74) is 1.48. The Morgan fingerprint density at radius 3 is 2.37 bits per heavy atom. The highest BCUT2D eigenvalue weighted by atomic mass is 19.4. The van der Waals surface area contributed by atoms with E-state index < -0.39 is 24.4 Å². The Bertz CT molecular complexity index is 531. The molecule has 1 aromatic carbocycles. The Balaban J connectivity index is 2.37. The number of aliphatic hydroxyl groups is 1. The second-order valence-electron chi connectivity index (χ2n) is 4.42. The third kappa shape index (κ3) is 2.63. The third-order valence-electron chi connectivity index (χ3n) is 2.86. The van der Waals surface area contributed by atoms with E-state index in [2.05, 4.69) is 4.74 Å². The summed E-state index contributed by atoms with van der Waals surface area (Å²) >= 11 is 0. The first-order valence-electron chi connectivity index (χ1n) is 5.51. The highest BCUT2D eigenvalue weighted by molar-refractivity contribution is 5.93. The molecule has 0 amide bonds. The van der Waals surface area contributed by atoms with Gasteiger partial charge in [-0.15, -0.1) is 0 Å². The molecule has 2 rings (SSSR count). The van der Waals surface area contributed by atoms with Gasteiger partial charge in [0.15, 0.2) is 0 Å². The zero-order valence-corrected chi connectivity index (χ0v) is 9.99. The molecule has 6 heteroatoms. The summed E-state index contributed by atoms with van der Waals surface area (Å²) in [6, 6.07) is 6.61. The smallest absolute Gasteiger partial charge is 0.420 e. The molecule has 0 bridgehead atoms. The summed E-state index contributed by atoms with van der Waals surface area (Å²) in [4.78, 5) is 11.2. The lowest BCUT2D eigenvalue weighted by atomic mass is 9.94. The maximum atomic E-state index is 12.7. The van der Waals surface area contributed by atoms with Crippen LogP contribution in [-0.4, -0.2) is 23.0 Å². The fraction of sp³-hybridized carbons (Fsp3) is 0.308. The molecule has 0 aliphatic carbocycles. The molecule has 1 unspecified atom stereocenters. The van der Waals surface area contributed by atoms with Gasteiger partial charge in [0.25, 0.3) is 0 Å². The van der Waals surface area contributed by atoms with Gasteiger partial charge in [-0.1, -0.05) is 29.8 Å². The molecule has 0 fully saturated rings. The number of carbonyl (C=O) groups excluding carboxylic acids is 1. The van der Waals surface area contributed by atoms with Crippen molar-refractivity contribution in [3.63, 3.8) is 0 Å². The quantitative estimate of drug-likeness (QED) is 0.799. The maximum absolute atomic E-state index is 12.7. The second kappa shape index (κ2) is 4.38. The number of benzene rings is 1. The normalized spacial score (nSPS) is 23.8. The van der Waals surface area contributed by atoms with E-state index in [-0.39, 0.29) is 5.57 Å². The van der Waals surface area contributed by atoms with Crippen LogP contribution in [0.5, 0.6) is 0 Å². The number of halogens is 3. The van der Waals surface area contributed by atoms with Gasteiger partial charge >= 0.3 is 17.9 Å². The molecule has 0 aromatic heterocycles. The summed E-state index contributed by atoms with van der Waals surface area (Å²) in [5.74, 6) is -4.67. The number of alkyl halides is 3. The molecular formula is C13H11F3O3. The molecular weight excluding hydrogens is 261 g/mol. The molecule has 0 spiro atoms. The minimum absolute atomic E-state index is 0.0936. The topological polar surface area (TPSA) is 46.5 Å². The van der Waals surface area contributed by atoms with Gasteiger partial charge in [0, 0.05) is 12.5 Å². The zero-order valence-electron chi connectivity index (χ0n) is 9.99. The van der Waals surface area contributed by atoms with Crippen LogP contribution in [0.3, 0.4) is 0 Å². The molecule has 0 radical (unpaired) electrons. The lowest BCUT2D eigenvalue weighted by Gasteiger charge is -2.33. The molecule has 1 aliphatic rings. The van der Waals surface area contributed by atoms with Crippen molar-refractivity contribution in [2.45, 2.75) is 25.3 Å². The molecule has 19 heavy (non-hydrogen) atoms. The van der Waals surface area contributed by atoms with Crippen molar-refractivity contribution in [2.75, 3.05) is 0 Å². The second-order valence-corrected chi connectivity index (χ2v) is 4.42. The van der Waals surface area contributed by atoms with Gasteiger partial charge in [-0.05, 0) is 18.1 Å². The number of cyclic esters (lactones) is 1. The van der Waals surface area contributed by atoms with E-state index in [9.17, 15) is 23.1 Å². The van der Waals surface area contributed by atoms with E-state index in [1.165, 1.54) is 0 Å². The largest absolute Gasteiger partial charge is 0.455 e. The Labute approximate surface area is 107 Å². The first-order chi connectivity index (χ1) is 8.71. The predicted molar refractivity (Wildman–Crippen MR) is 60.9 cm³/mol. The van der Waals surface area contributed by atoms with Crippen molar-refractivity contribution in [2.24, 2.45) is 0 Å². The fourth-order valence-electron chi connectivity index (χ4n) is 1.79.